The maximum atomic E-state index is 10.9. The second-order valence-electron chi connectivity index (χ2n) is 7.55. The minimum Gasteiger partial charge on any atom is -0.461 e. The molecule has 2 nitrogen and oxygen atoms in total. The third-order valence-corrected chi connectivity index (χ3v) is 6.33. The topological polar surface area (TPSA) is 26.3 Å². The zero-order valence-electron chi connectivity index (χ0n) is 13.3. The number of cyclic esters (lactones) is 1. The Labute approximate surface area is 129 Å². The molecule has 1 atom stereocenters. The summed E-state index contributed by atoms with van der Waals surface area (Å²) in [4.78, 5) is 10.9. The molecule has 0 amide bonds. The minimum absolute atomic E-state index is 0.0139. The summed E-state index contributed by atoms with van der Waals surface area (Å²) in [5.41, 5.74) is 0. The Hall–Kier alpha value is -0.790. The molecule has 21 heavy (non-hydrogen) atoms. The van der Waals surface area contributed by atoms with E-state index in [1.54, 1.807) is 0 Å². The zero-order chi connectivity index (χ0) is 14.7. The molecule has 3 fully saturated rings. The van der Waals surface area contributed by atoms with Crippen LogP contribution in [-0.2, 0) is 9.53 Å². The Kier molecular flexibility index (Phi) is 5.03. The summed E-state index contributed by atoms with van der Waals surface area (Å²) in [7, 11) is 0. The van der Waals surface area contributed by atoms with Crippen LogP contribution >= 0.6 is 0 Å². The highest BCUT2D eigenvalue weighted by Gasteiger charge is 2.39. The first-order valence-corrected chi connectivity index (χ1v) is 9.06. The summed E-state index contributed by atoms with van der Waals surface area (Å²) < 4.78 is 5.26. The molecule has 2 saturated carbocycles. The normalized spacial score (nSPS) is 40.2. The van der Waals surface area contributed by atoms with Crippen molar-refractivity contribution in [3.8, 4) is 0 Å². The van der Waals surface area contributed by atoms with Crippen LogP contribution in [0.5, 0.6) is 0 Å². The molecule has 0 aromatic carbocycles. The number of allylic oxidation sites excluding steroid dienone is 1. The van der Waals surface area contributed by atoms with Crippen LogP contribution in [0.2, 0.25) is 0 Å². The van der Waals surface area contributed by atoms with Gasteiger partial charge in [0.15, 0.2) is 0 Å². The van der Waals surface area contributed by atoms with Crippen molar-refractivity contribution in [1.82, 2.24) is 0 Å². The van der Waals surface area contributed by atoms with E-state index in [-0.39, 0.29) is 12.1 Å². The monoisotopic (exact) mass is 290 g/mol. The van der Waals surface area contributed by atoms with Gasteiger partial charge in [-0.1, -0.05) is 18.9 Å². The predicted molar refractivity (Wildman–Crippen MR) is 84.8 cm³/mol. The maximum Gasteiger partial charge on any atom is 0.309 e. The lowest BCUT2D eigenvalue weighted by Gasteiger charge is -2.41. The lowest BCUT2D eigenvalue weighted by molar-refractivity contribution is -0.176. The molecule has 1 heterocycles. The van der Waals surface area contributed by atoms with Crippen molar-refractivity contribution < 1.29 is 9.53 Å². The fourth-order valence-electron chi connectivity index (χ4n) is 4.88. The third-order valence-electron chi connectivity index (χ3n) is 6.33. The Bertz CT molecular complexity index is 352. The highest BCUT2D eigenvalue weighted by molar-refractivity contribution is 5.75. The standard InChI is InChI=1S/C19H30O2/c1-2-3-4-14-5-7-15(8-6-14)16-9-11-17(12-10-16)18-13-19(20)21-18/h2,14-18H,1,3-13H2. The van der Waals surface area contributed by atoms with E-state index in [0.29, 0.717) is 12.3 Å². The van der Waals surface area contributed by atoms with Crippen molar-refractivity contribution >= 4 is 5.97 Å². The highest BCUT2D eigenvalue weighted by atomic mass is 16.6. The Morgan fingerprint density at radius 1 is 0.952 bits per heavy atom. The number of carbonyl (C=O) groups excluding carboxylic acids is 1. The van der Waals surface area contributed by atoms with E-state index in [1.807, 2.05) is 0 Å². The van der Waals surface area contributed by atoms with Gasteiger partial charge in [0, 0.05) is 0 Å². The van der Waals surface area contributed by atoms with E-state index in [9.17, 15) is 4.79 Å². The first-order valence-electron chi connectivity index (χ1n) is 9.06. The lowest BCUT2D eigenvalue weighted by Crippen LogP contribution is -2.41. The van der Waals surface area contributed by atoms with E-state index >= 15 is 0 Å². The molecule has 0 spiro atoms. The van der Waals surface area contributed by atoms with Crippen LogP contribution in [0, 0.1) is 23.7 Å². The van der Waals surface area contributed by atoms with Gasteiger partial charge in [0.2, 0.25) is 0 Å². The van der Waals surface area contributed by atoms with Crippen LogP contribution in [0.3, 0.4) is 0 Å². The number of esters is 1. The van der Waals surface area contributed by atoms with Crippen molar-refractivity contribution in [1.29, 1.82) is 0 Å². The number of ether oxygens (including phenoxy) is 1. The minimum atomic E-state index is 0.0139. The summed E-state index contributed by atoms with van der Waals surface area (Å²) in [5.74, 6) is 3.58. The second-order valence-corrected chi connectivity index (χ2v) is 7.55. The summed E-state index contributed by atoms with van der Waals surface area (Å²) in [6.45, 7) is 3.84. The van der Waals surface area contributed by atoms with E-state index in [1.165, 1.54) is 64.2 Å². The van der Waals surface area contributed by atoms with E-state index < -0.39 is 0 Å². The third kappa shape index (κ3) is 3.70. The van der Waals surface area contributed by atoms with Crippen molar-refractivity contribution in [3.05, 3.63) is 12.7 Å². The SMILES string of the molecule is C=CCCC1CCC(C2CCC(C3CC(=O)O3)CC2)CC1. The van der Waals surface area contributed by atoms with Gasteiger partial charge in [0.1, 0.15) is 6.10 Å². The van der Waals surface area contributed by atoms with Crippen molar-refractivity contribution in [2.24, 2.45) is 23.7 Å². The van der Waals surface area contributed by atoms with Crippen LogP contribution in [0.1, 0.15) is 70.6 Å². The van der Waals surface area contributed by atoms with Gasteiger partial charge in [-0.05, 0) is 75.0 Å². The number of carbonyl (C=O) groups is 1. The molecular formula is C19H30O2. The fourth-order valence-corrected chi connectivity index (χ4v) is 4.88. The lowest BCUT2D eigenvalue weighted by atomic mass is 9.67. The van der Waals surface area contributed by atoms with Crippen LogP contribution < -0.4 is 0 Å². The van der Waals surface area contributed by atoms with Gasteiger partial charge in [-0.3, -0.25) is 4.79 Å². The van der Waals surface area contributed by atoms with E-state index in [4.69, 9.17) is 4.74 Å². The molecule has 1 saturated heterocycles. The first kappa shape index (κ1) is 15.1. The summed E-state index contributed by atoms with van der Waals surface area (Å²) in [6, 6.07) is 0. The molecule has 118 valence electrons. The van der Waals surface area contributed by atoms with E-state index in [0.717, 1.165) is 17.8 Å². The van der Waals surface area contributed by atoms with Gasteiger partial charge < -0.3 is 4.74 Å². The zero-order valence-corrected chi connectivity index (χ0v) is 13.3. The number of hydrogen-bond acceptors (Lipinski definition) is 2. The average molecular weight is 290 g/mol. The molecule has 0 bridgehead atoms. The molecule has 1 aliphatic heterocycles. The molecule has 3 aliphatic rings. The van der Waals surface area contributed by atoms with Gasteiger partial charge in [-0.15, -0.1) is 6.58 Å². The number of rotatable bonds is 5. The molecule has 1 unspecified atom stereocenters. The molecule has 0 radical (unpaired) electrons. The molecular weight excluding hydrogens is 260 g/mol. The van der Waals surface area contributed by atoms with Gasteiger partial charge in [0.25, 0.3) is 0 Å². The maximum absolute atomic E-state index is 10.9. The second kappa shape index (κ2) is 6.98. The number of hydrogen-bond donors (Lipinski definition) is 0. The van der Waals surface area contributed by atoms with E-state index in [2.05, 4.69) is 12.7 Å². The summed E-state index contributed by atoms with van der Waals surface area (Å²) in [6.07, 6.45) is 16.7. The Balaban J connectivity index is 1.37. The first-order chi connectivity index (χ1) is 10.3. The Morgan fingerprint density at radius 2 is 1.48 bits per heavy atom. The Morgan fingerprint density at radius 3 is 2.00 bits per heavy atom. The molecule has 0 aromatic heterocycles. The molecule has 2 heteroatoms. The van der Waals surface area contributed by atoms with Gasteiger partial charge in [-0.25, -0.2) is 0 Å². The molecule has 0 N–H and O–H groups in total. The van der Waals surface area contributed by atoms with Gasteiger partial charge in [-0.2, -0.15) is 0 Å². The molecule has 3 rings (SSSR count). The van der Waals surface area contributed by atoms with Crippen LogP contribution in [-0.4, -0.2) is 12.1 Å². The van der Waals surface area contributed by atoms with Crippen LogP contribution in [0.4, 0.5) is 0 Å². The largest absolute Gasteiger partial charge is 0.461 e. The van der Waals surface area contributed by atoms with Crippen LogP contribution in [0.25, 0.3) is 0 Å². The average Bonchev–Trinajstić information content (AvgIpc) is 2.51. The smallest absolute Gasteiger partial charge is 0.309 e. The fraction of sp³-hybridized carbons (Fsp3) is 0.842. The highest BCUT2D eigenvalue weighted by Crippen LogP contribution is 2.44. The van der Waals surface area contributed by atoms with Crippen molar-refractivity contribution in [2.45, 2.75) is 76.7 Å². The van der Waals surface area contributed by atoms with Gasteiger partial charge >= 0.3 is 5.97 Å². The van der Waals surface area contributed by atoms with Crippen molar-refractivity contribution in [3.63, 3.8) is 0 Å². The summed E-state index contributed by atoms with van der Waals surface area (Å²) in [5, 5.41) is 0. The van der Waals surface area contributed by atoms with Gasteiger partial charge in [0.05, 0.1) is 6.42 Å². The quantitative estimate of drug-likeness (QED) is 0.533. The predicted octanol–water partition coefficient (Wildman–Crippen LogP) is 4.88. The molecule has 0 aromatic rings. The summed E-state index contributed by atoms with van der Waals surface area (Å²) >= 11 is 0. The van der Waals surface area contributed by atoms with Crippen LogP contribution in [0.15, 0.2) is 12.7 Å². The van der Waals surface area contributed by atoms with Crippen molar-refractivity contribution in [2.75, 3.05) is 0 Å². The molecule has 2 aliphatic carbocycles.